The molecule has 0 unspecified atom stereocenters. The normalized spacial score (nSPS) is 14.3. The number of hydrogen-bond acceptors (Lipinski definition) is 6. The lowest BCUT2D eigenvalue weighted by molar-refractivity contribution is 0.346. The zero-order chi connectivity index (χ0) is 29.9. The van der Waals surface area contributed by atoms with Gasteiger partial charge in [0.25, 0.3) is 0 Å². The van der Waals surface area contributed by atoms with Gasteiger partial charge in [-0.1, -0.05) is 98.1 Å². The van der Waals surface area contributed by atoms with E-state index in [-0.39, 0.29) is 5.41 Å². The van der Waals surface area contributed by atoms with Crippen molar-refractivity contribution in [3.63, 3.8) is 0 Å². The van der Waals surface area contributed by atoms with E-state index in [0.717, 1.165) is 64.0 Å². The van der Waals surface area contributed by atoms with E-state index in [9.17, 15) is 0 Å². The monoisotopic (exact) mass is 574 g/mol. The highest BCUT2D eigenvalue weighted by Gasteiger charge is 2.35. The first kappa shape index (κ1) is 27.7. The van der Waals surface area contributed by atoms with Crippen molar-refractivity contribution in [1.82, 2.24) is 29.9 Å². The maximum absolute atomic E-state index is 5.02. The Morgan fingerprint density at radius 3 is 1.66 bits per heavy atom. The lowest BCUT2D eigenvalue weighted by Gasteiger charge is -2.39. The predicted octanol–water partition coefficient (Wildman–Crippen LogP) is 8.59. The summed E-state index contributed by atoms with van der Waals surface area (Å²) in [6.07, 6.45) is 9.62. The van der Waals surface area contributed by atoms with E-state index in [2.05, 4.69) is 86.7 Å². The summed E-state index contributed by atoms with van der Waals surface area (Å²) < 4.78 is 0. The van der Waals surface area contributed by atoms with Crippen LogP contribution < -0.4 is 0 Å². The van der Waals surface area contributed by atoms with Crippen LogP contribution in [0.4, 0.5) is 0 Å². The number of aromatic nitrogens is 6. The Hall–Kier alpha value is -5.10. The second kappa shape index (κ2) is 11.9. The van der Waals surface area contributed by atoms with Crippen LogP contribution in [0.3, 0.4) is 0 Å². The van der Waals surface area contributed by atoms with Crippen molar-refractivity contribution in [2.45, 2.75) is 51.4 Å². The Balaban J connectivity index is 1.26. The molecule has 6 aromatic rings. The van der Waals surface area contributed by atoms with Gasteiger partial charge in [-0.3, -0.25) is 4.98 Å². The molecule has 0 atom stereocenters. The van der Waals surface area contributed by atoms with Crippen LogP contribution in [0, 0.1) is 13.8 Å². The molecule has 1 aliphatic carbocycles. The Morgan fingerprint density at radius 1 is 0.500 bits per heavy atom. The maximum Gasteiger partial charge on any atom is 0.163 e. The van der Waals surface area contributed by atoms with E-state index in [0.29, 0.717) is 5.82 Å². The minimum atomic E-state index is -0.0258. The molecule has 6 nitrogen and oxygen atoms in total. The molecule has 216 valence electrons. The number of rotatable bonds is 6. The zero-order valence-electron chi connectivity index (χ0n) is 25.1. The summed E-state index contributed by atoms with van der Waals surface area (Å²) in [6.45, 7) is 3.83. The molecular formula is C38H34N6. The quantitative estimate of drug-likeness (QED) is 0.198. The zero-order valence-corrected chi connectivity index (χ0v) is 25.1. The van der Waals surface area contributed by atoms with Crippen molar-refractivity contribution in [3.05, 3.63) is 132 Å². The summed E-state index contributed by atoms with van der Waals surface area (Å²) in [4.78, 5) is 27.8. The van der Waals surface area contributed by atoms with Crippen LogP contribution in [0.15, 0.2) is 109 Å². The average molecular weight is 575 g/mol. The Bertz CT molecular complexity index is 1800. The molecule has 44 heavy (non-hydrogen) atoms. The first-order valence-electron chi connectivity index (χ1n) is 15.3. The SMILES string of the molecule is Cc1nc(C)nc(-c2ccc(C3(c4ccc(-c5cc(-c6cccnc6)nc(-c6ccccc6)n5)cc4)CCCCC3)cc2)n1. The number of benzene rings is 3. The van der Waals surface area contributed by atoms with Crippen molar-refractivity contribution in [2.75, 3.05) is 0 Å². The van der Waals surface area contributed by atoms with Crippen LogP contribution in [0.5, 0.6) is 0 Å². The number of pyridine rings is 1. The molecule has 3 aromatic carbocycles. The van der Waals surface area contributed by atoms with Crippen LogP contribution in [0.2, 0.25) is 0 Å². The molecule has 1 saturated carbocycles. The van der Waals surface area contributed by atoms with Gasteiger partial charge in [0.1, 0.15) is 11.6 Å². The molecule has 0 amide bonds. The first-order valence-corrected chi connectivity index (χ1v) is 15.3. The van der Waals surface area contributed by atoms with Crippen LogP contribution in [-0.4, -0.2) is 29.9 Å². The summed E-state index contributed by atoms with van der Waals surface area (Å²) in [6, 6.07) is 34.2. The predicted molar refractivity (Wildman–Crippen MR) is 175 cm³/mol. The summed E-state index contributed by atoms with van der Waals surface area (Å²) in [5.41, 5.74) is 8.48. The molecule has 0 N–H and O–H groups in total. The molecule has 3 aromatic heterocycles. The van der Waals surface area contributed by atoms with Gasteiger partial charge in [-0.2, -0.15) is 0 Å². The van der Waals surface area contributed by atoms with Crippen molar-refractivity contribution in [3.8, 4) is 45.3 Å². The van der Waals surface area contributed by atoms with Crippen molar-refractivity contribution in [2.24, 2.45) is 0 Å². The highest BCUT2D eigenvalue weighted by molar-refractivity contribution is 5.71. The van der Waals surface area contributed by atoms with Gasteiger partial charge in [-0.25, -0.2) is 24.9 Å². The van der Waals surface area contributed by atoms with Gasteiger partial charge in [0.2, 0.25) is 0 Å². The largest absolute Gasteiger partial charge is 0.264 e. The Kier molecular flexibility index (Phi) is 7.49. The molecule has 7 rings (SSSR count). The first-order chi connectivity index (χ1) is 21.6. The van der Waals surface area contributed by atoms with Crippen molar-refractivity contribution < 1.29 is 0 Å². The summed E-state index contributed by atoms with van der Waals surface area (Å²) >= 11 is 0. The van der Waals surface area contributed by atoms with Crippen molar-refractivity contribution >= 4 is 0 Å². The third kappa shape index (κ3) is 5.51. The number of aryl methyl sites for hydroxylation is 2. The average Bonchev–Trinajstić information content (AvgIpc) is 3.09. The van der Waals surface area contributed by atoms with Crippen LogP contribution in [-0.2, 0) is 5.41 Å². The topological polar surface area (TPSA) is 77.3 Å². The Labute approximate surface area is 258 Å². The highest BCUT2D eigenvalue weighted by Crippen LogP contribution is 2.45. The molecule has 0 radical (unpaired) electrons. The number of hydrogen-bond donors (Lipinski definition) is 0. The van der Waals surface area contributed by atoms with E-state index in [1.165, 1.54) is 30.4 Å². The van der Waals surface area contributed by atoms with Gasteiger partial charge >= 0.3 is 0 Å². The molecule has 0 spiro atoms. The molecular weight excluding hydrogens is 540 g/mol. The molecule has 0 aliphatic heterocycles. The third-order valence-corrected chi connectivity index (χ3v) is 8.71. The molecule has 6 heteroatoms. The van der Waals surface area contributed by atoms with E-state index >= 15 is 0 Å². The van der Waals surface area contributed by atoms with Crippen LogP contribution in [0.25, 0.3) is 45.3 Å². The molecule has 1 aliphatic rings. The van der Waals surface area contributed by atoms with Gasteiger partial charge in [0.05, 0.1) is 11.4 Å². The second-order valence-corrected chi connectivity index (χ2v) is 11.6. The highest BCUT2D eigenvalue weighted by atomic mass is 15.0. The lowest BCUT2D eigenvalue weighted by Crippen LogP contribution is -2.30. The summed E-state index contributed by atoms with van der Waals surface area (Å²) in [5.74, 6) is 2.92. The lowest BCUT2D eigenvalue weighted by atomic mass is 9.65. The third-order valence-electron chi connectivity index (χ3n) is 8.71. The van der Waals surface area contributed by atoms with E-state index in [4.69, 9.17) is 9.97 Å². The fourth-order valence-corrected chi connectivity index (χ4v) is 6.52. The molecule has 1 fully saturated rings. The fourth-order valence-electron chi connectivity index (χ4n) is 6.52. The molecule has 3 heterocycles. The van der Waals surface area contributed by atoms with E-state index in [1.807, 2.05) is 50.4 Å². The maximum atomic E-state index is 5.02. The van der Waals surface area contributed by atoms with E-state index in [1.54, 1.807) is 6.20 Å². The fraction of sp³-hybridized carbons (Fsp3) is 0.211. The molecule has 0 saturated heterocycles. The van der Waals surface area contributed by atoms with Gasteiger partial charge < -0.3 is 0 Å². The van der Waals surface area contributed by atoms with Gasteiger partial charge in [0, 0.05) is 40.1 Å². The minimum absolute atomic E-state index is 0.0258. The Morgan fingerprint density at radius 2 is 1.05 bits per heavy atom. The minimum Gasteiger partial charge on any atom is -0.264 e. The van der Waals surface area contributed by atoms with E-state index < -0.39 is 0 Å². The van der Waals surface area contributed by atoms with Gasteiger partial charge in [-0.15, -0.1) is 0 Å². The van der Waals surface area contributed by atoms with Gasteiger partial charge in [0.15, 0.2) is 11.6 Å². The summed E-state index contributed by atoms with van der Waals surface area (Å²) in [5, 5.41) is 0. The number of nitrogens with zero attached hydrogens (tertiary/aromatic N) is 6. The standard InChI is InChI=1S/C38H34N6/c1-26-40-27(2)42-36(41-26)30-15-19-33(20-16-30)38(21-7-4-8-22-38)32-17-13-28(14-18-32)34-24-35(31-12-9-23-39-25-31)44-37(43-34)29-10-5-3-6-11-29/h3,5-6,9-20,23-25H,4,7-8,21-22H2,1-2H3. The van der Waals surface area contributed by atoms with Gasteiger partial charge in [-0.05, 0) is 56.0 Å². The van der Waals surface area contributed by atoms with Crippen LogP contribution >= 0.6 is 0 Å². The second-order valence-electron chi connectivity index (χ2n) is 11.6. The van der Waals surface area contributed by atoms with Crippen LogP contribution in [0.1, 0.15) is 54.9 Å². The van der Waals surface area contributed by atoms with Crippen molar-refractivity contribution in [1.29, 1.82) is 0 Å². The smallest absolute Gasteiger partial charge is 0.163 e. The summed E-state index contributed by atoms with van der Waals surface area (Å²) in [7, 11) is 0. The molecule has 0 bridgehead atoms.